The summed E-state index contributed by atoms with van der Waals surface area (Å²) in [4.78, 5) is 11.1. The van der Waals surface area contributed by atoms with Crippen molar-refractivity contribution < 1.29 is 4.39 Å². The number of H-pyrrole nitrogens is 1. The smallest absolute Gasteiger partial charge is 0.141 e. The van der Waals surface area contributed by atoms with Crippen LogP contribution in [0, 0.1) is 5.82 Å². The molecule has 0 aliphatic rings. The summed E-state index contributed by atoms with van der Waals surface area (Å²) in [5.74, 6) is -0.300. The Morgan fingerprint density at radius 2 is 2.28 bits per heavy atom. The molecule has 2 aromatic rings. The Labute approximate surface area is 106 Å². The number of halogens is 1. The fourth-order valence-electron chi connectivity index (χ4n) is 1.85. The van der Waals surface area contributed by atoms with Crippen LogP contribution in [0.15, 0.2) is 30.9 Å². The van der Waals surface area contributed by atoms with Gasteiger partial charge in [-0.15, -0.1) is 0 Å². The number of hydrogen-bond acceptors (Lipinski definition) is 3. The number of aromatic nitrogens is 3. The largest absolute Gasteiger partial charge is 0.348 e. The second-order valence-electron chi connectivity index (χ2n) is 4.14. The minimum absolute atomic E-state index is 0.161. The highest BCUT2D eigenvalue weighted by molar-refractivity contribution is 5.09. The highest BCUT2D eigenvalue weighted by Gasteiger charge is 2.09. The van der Waals surface area contributed by atoms with Gasteiger partial charge >= 0.3 is 0 Å². The average Bonchev–Trinajstić information content (AvgIpc) is 2.89. The summed E-state index contributed by atoms with van der Waals surface area (Å²) in [6, 6.07) is 3.34. The molecule has 96 valence electrons. The van der Waals surface area contributed by atoms with Gasteiger partial charge in [0.25, 0.3) is 0 Å². The van der Waals surface area contributed by atoms with Gasteiger partial charge in [0.2, 0.25) is 0 Å². The average molecular weight is 248 g/mol. The normalized spacial score (nSPS) is 12.6. The number of hydrogen-bond donors (Lipinski definition) is 2. The topological polar surface area (TPSA) is 53.6 Å². The van der Waals surface area contributed by atoms with Crippen molar-refractivity contribution in [3.63, 3.8) is 0 Å². The van der Waals surface area contributed by atoms with Crippen LogP contribution in [0.2, 0.25) is 0 Å². The summed E-state index contributed by atoms with van der Waals surface area (Å²) < 4.78 is 12.8. The summed E-state index contributed by atoms with van der Waals surface area (Å²) in [6.45, 7) is 2.92. The number of nitrogens with one attached hydrogen (secondary N) is 2. The van der Waals surface area contributed by atoms with Crippen molar-refractivity contribution in [3.8, 4) is 0 Å². The van der Waals surface area contributed by atoms with E-state index in [-0.39, 0.29) is 11.9 Å². The van der Waals surface area contributed by atoms with Gasteiger partial charge < -0.3 is 10.3 Å². The highest BCUT2D eigenvalue weighted by atomic mass is 19.1. The lowest BCUT2D eigenvalue weighted by Crippen LogP contribution is -2.24. The van der Waals surface area contributed by atoms with Gasteiger partial charge in [0, 0.05) is 30.9 Å². The second kappa shape index (κ2) is 6.26. The minimum Gasteiger partial charge on any atom is -0.348 e. The lowest BCUT2D eigenvalue weighted by molar-refractivity contribution is 0.506. The summed E-state index contributed by atoms with van der Waals surface area (Å²) in [5, 5.41) is 3.41. The molecule has 0 fully saturated rings. The van der Waals surface area contributed by atoms with Crippen LogP contribution in [0.4, 0.5) is 4.39 Å². The third kappa shape index (κ3) is 3.37. The molecule has 1 atom stereocenters. The first-order valence-corrected chi connectivity index (χ1v) is 6.11. The molecule has 0 aliphatic carbocycles. The van der Waals surface area contributed by atoms with Crippen molar-refractivity contribution >= 4 is 0 Å². The Bertz CT molecular complexity index is 452. The van der Waals surface area contributed by atoms with Crippen LogP contribution in [0.5, 0.6) is 0 Å². The first-order valence-electron chi connectivity index (χ1n) is 6.11. The molecule has 0 aromatic carbocycles. The molecule has 2 rings (SSSR count). The lowest BCUT2D eigenvalue weighted by atomic mass is 10.1. The maximum atomic E-state index is 12.8. The molecule has 2 heterocycles. The number of pyridine rings is 1. The van der Waals surface area contributed by atoms with Crippen LogP contribution in [0.3, 0.4) is 0 Å². The zero-order chi connectivity index (χ0) is 12.8. The third-order valence-electron chi connectivity index (χ3n) is 2.86. The summed E-state index contributed by atoms with van der Waals surface area (Å²) in [5.41, 5.74) is 1.98. The van der Waals surface area contributed by atoms with Crippen LogP contribution < -0.4 is 5.32 Å². The first kappa shape index (κ1) is 12.7. The van der Waals surface area contributed by atoms with E-state index >= 15 is 0 Å². The minimum atomic E-state index is -0.300. The highest BCUT2D eigenvalue weighted by Crippen LogP contribution is 2.13. The van der Waals surface area contributed by atoms with Crippen molar-refractivity contribution in [1.29, 1.82) is 0 Å². The van der Waals surface area contributed by atoms with Crippen molar-refractivity contribution in [3.05, 3.63) is 48.1 Å². The molecular formula is C13H17FN4. The molecule has 0 aliphatic heterocycles. The summed E-state index contributed by atoms with van der Waals surface area (Å²) in [7, 11) is 0. The van der Waals surface area contributed by atoms with Crippen molar-refractivity contribution in [1.82, 2.24) is 20.3 Å². The van der Waals surface area contributed by atoms with Crippen molar-refractivity contribution in [2.45, 2.75) is 25.8 Å². The van der Waals surface area contributed by atoms with E-state index in [0.29, 0.717) is 0 Å². The molecule has 0 spiro atoms. The molecule has 0 bridgehead atoms. The molecule has 2 N–H and O–H groups in total. The summed E-state index contributed by atoms with van der Waals surface area (Å²) in [6.07, 6.45) is 6.56. The van der Waals surface area contributed by atoms with Crippen LogP contribution >= 0.6 is 0 Å². The van der Waals surface area contributed by atoms with Gasteiger partial charge in [-0.3, -0.25) is 4.98 Å². The SMILES string of the molecule is CCC(NCCc1cnc[nH]1)c1ccc(F)cn1. The Morgan fingerprint density at radius 1 is 1.39 bits per heavy atom. The Morgan fingerprint density at radius 3 is 2.89 bits per heavy atom. The molecule has 5 heteroatoms. The molecule has 1 unspecified atom stereocenters. The molecular weight excluding hydrogens is 231 g/mol. The molecule has 0 radical (unpaired) electrons. The fourth-order valence-corrected chi connectivity index (χ4v) is 1.85. The van der Waals surface area contributed by atoms with E-state index in [1.165, 1.54) is 12.3 Å². The monoisotopic (exact) mass is 248 g/mol. The Hall–Kier alpha value is -1.75. The van der Waals surface area contributed by atoms with Crippen LogP contribution in [0.1, 0.15) is 30.8 Å². The number of nitrogens with zero attached hydrogens (tertiary/aromatic N) is 2. The van der Waals surface area contributed by atoms with Gasteiger partial charge in [-0.1, -0.05) is 6.92 Å². The molecule has 18 heavy (non-hydrogen) atoms. The van der Waals surface area contributed by atoms with E-state index in [9.17, 15) is 4.39 Å². The predicted octanol–water partition coefficient (Wildman–Crippen LogP) is 2.23. The number of imidazole rings is 1. The van der Waals surface area contributed by atoms with E-state index in [2.05, 4.69) is 27.2 Å². The van der Waals surface area contributed by atoms with E-state index < -0.39 is 0 Å². The van der Waals surface area contributed by atoms with Crippen molar-refractivity contribution in [2.75, 3.05) is 6.54 Å². The quantitative estimate of drug-likeness (QED) is 0.824. The van der Waals surface area contributed by atoms with Gasteiger partial charge in [-0.05, 0) is 18.6 Å². The number of aromatic amines is 1. The second-order valence-corrected chi connectivity index (χ2v) is 4.14. The van der Waals surface area contributed by atoms with E-state index in [0.717, 1.165) is 30.8 Å². The Balaban J connectivity index is 1.87. The number of rotatable bonds is 6. The maximum absolute atomic E-state index is 12.8. The predicted molar refractivity (Wildman–Crippen MR) is 67.5 cm³/mol. The summed E-state index contributed by atoms with van der Waals surface area (Å²) >= 11 is 0. The zero-order valence-electron chi connectivity index (χ0n) is 10.4. The van der Waals surface area contributed by atoms with Gasteiger partial charge in [0.15, 0.2) is 0 Å². The molecule has 4 nitrogen and oxygen atoms in total. The Kier molecular flexibility index (Phi) is 4.41. The van der Waals surface area contributed by atoms with Crippen LogP contribution in [-0.4, -0.2) is 21.5 Å². The van der Waals surface area contributed by atoms with Crippen LogP contribution in [0.25, 0.3) is 0 Å². The molecule has 0 amide bonds. The van der Waals surface area contributed by atoms with Crippen molar-refractivity contribution in [2.24, 2.45) is 0 Å². The molecule has 0 saturated carbocycles. The zero-order valence-corrected chi connectivity index (χ0v) is 10.4. The van der Waals surface area contributed by atoms with Gasteiger partial charge in [-0.2, -0.15) is 0 Å². The lowest BCUT2D eigenvalue weighted by Gasteiger charge is -2.16. The first-order chi connectivity index (χ1) is 8.79. The van der Waals surface area contributed by atoms with Gasteiger partial charge in [0.1, 0.15) is 5.82 Å². The van der Waals surface area contributed by atoms with Crippen LogP contribution in [-0.2, 0) is 6.42 Å². The standard InChI is InChI=1S/C13H17FN4/c1-2-12(13-4-3-10(14)7-17-13)16-6-5-11-8-15-9-18-11/h3-4,7-9,12,16H,2,5-6H2,1H3,(H,15,18). The maximum Gasteiger partial charge on any atom is 0.141 e. The fraction of sp³-hybridized carbons (Fsp3) is 0.385. The molecule has 0 saturated heterocycles. The van der Waals surface area contributed by atoms with E-state index in [4.69, 9.17) is 0 Å². The third-order valence-corrected chi connectivity index (χ3v) is 2.86. The van der Waals surface area contributed by atoms with E-state index in [1.807, 2.05) is 6.20 Å². The van der Waals surface area contributed by atoms with Gasteiger partial charge in [0.05, 0.1) is 18.2 Å². The van der Waals surface area contributed by atoms with E-state index in [1.54, 1.807) is 12.4 Å². The van der Waals surface area contributed by atoms with Gasteiger partial charge in [-0.25, -0.2) is 9.37 Å². The molecule has 2 aromatic heterocycles.